The third kappa shape index (κ3) is 5.37. The Labute approximate surface area is 112 Å². The van der Waals surface area contributed by atoms with Crippen molar-refractivity contribution in [3.8, 4) is 0 Å². The van der Waals surface area contributed by atoms with E-state index < -0.39 is 17.6 Å². The topological polar surface area (TPSA) is 26.3 Å². The molecular formula is C15H20F2O2. The zero-order chi connectivity index (χ0) is 14.1. The maximum absolute atomic E-state index is 13.3. The molecule has 0 aromatic heterocycles. The number of benzene rings is 1. The predicted octanol–water partition coefficient (Wildman–Crippen LogP) is 4.48. The fraction of sp³-hybridized carbons (Fsp3) is 0.533. The lowest BCUT2D eigenvalue weighted by atomic mass is 10.1. The van der Waals surface area contributed by atoms with Crippen molar-refractivity contribution in [2.24, 2.45) is 0 Å². The SMILES string of the molecule is CCCCCCCCOC(=O)c1cccc(F)c1F. The fourth-order valence-electron chi connectivity index (χ4n) is 1.79. The number of esters is 1. The van der Waals surface area contributed by atoms with Gasteiger partial charge in [-0.25, -0.2) is 13.6 Å². The molecule has 0 amide bonds. The van der Waals surface area contributed by atoms with Gasteiger partial charge in [-0.2, -0.15) is 0 Å². The number of hydrogen-bond donors (Lipinski definition) is 0. The van der Waals surface area contributed by atoms with Crippen LogP contribution in [0.3, 0.4) is 0 Å². The third-order valence-electron chi connectivity index (χ3n) is 2.90. The Morgan fingerprint density at radius 1 is 1.11 bits per heavy atom. The Kier molecular flexibility index (Phi) is 7.08. The molecule has 0 aliphatic rings. The van der Waals surface area contributed by atoms with Crippen molar-refractivity contribution in [2.45, 2.75) is 45.4 Å². The van der Waals surface area contributed by atoms with Crippen LogP contribution >= 0.6 is 0 Å². The minimum absolute atomic E-state index is 0.251. The third-order valence-corrected chi connectivity index (χ3v) is 2.90. The summed E-state index contributed by atoms with van der Waals surface area (Å²) >= 11 is 0. The highest BCUT2D eigenvalue weighted by Crippen LogP contribution is 2.13. The Bertz CT molecular complexity index is 405. The molecule has 19 heavy (non-hydrogen) atoms. The number of carbonyl (C=O) groups excluding carboxylic acids is 1. The summed E-state index contributed by atoms with van der Waals surface area (Å²) in [5.41, 5.74) is -0.342. The molecule has 0 unspecified atom stereocenters. The molecule has 0 radical (unpaired) electrons. The molecule has 1 aromatic rings. The van der Waals surface area contributed by atoms with Gasteiger partial charge in [0.15, 0.2) is 11.6 Å². The Hall–Kier alpha value is -1.45. The summed E-state index contributed by atoms with van der Waals surface area (Å²) < 4.78 is 31.1. The number of rotatable bonds is 8. The Balaban J connectivity index is 2.26. The van der Waals surface area contributed by atoms with Gasteiger partial charge in [-0.1, -0.05) is 45.1 Å². The van der Waals surface area contributed by atoms with Crippen LogP contribution in [-0.4, -0.2) is 12.6 Å². The summed E-state index contributed by atoms with van der Waals surface area (Å²) in [4.78, 5) is 11.5. The lowest BCUT2D eigenvalue weighted by Gasteiger charge is -2.06. The second kappa shape index (κ2) is 8.62. The van der Waals surface area contributed by atoms with Crippen molar-refractivity contribution >= 4 is 5.97 Å². The van der Waals surface area contributed by atoms with Crippen LogP contribution in [0, 0.1) is 11.6 Å². The highest BCUT2D eigenvalue weighted by molar-refractivity contribution is 5.89. The first-order valence-electron chi connectivity index (χ1n) is 6.78. The second-order valence-electron chi connectivity index (χ2n) is 4.51. The summed E-state index contributed by atoms with van der Waals surface area (Å²) in [6.07, 6.45) is 6.44. The van der Waals surface area contributed by atoms with Crippen molar-refractivity contribution in [2.75, 3.05) is 6.61 Å². The molecule has 0 saturated heterocycles. The Morgan fingerprint density at radius 3 is 2.53 bits per heavy atom. The second-order valence-corrected chi connectivity index (χ2v) is 4.51. The van der Waals surface area contributed by atoms with E-state index in [4.69, 9.17) is 4.74 Å². The lowest BCUT2D eigenvalue weighted by molar-refractivity contribution is 0.0491. The molecule has 1 rings (SSSR count). The summed E-state index contributed by atoms with van der Waals surface area (Å²) in [5, 5.41) is 0. The van der Waals surface area contributed by atoms with E-state index in [1.54, 1.807) is 0 Å². The number of ether oxygens (including phenoxy) is 1. The maximum Gasteiger partial charge on any atom is 0.341 e. The number of carbonyl (C=O) groups is 1. The largest absolute Gasteiger partial charge is 0.462 e. The average Bonchev–Trinajstić information content (AvgIpc) is 2.40. The standard InChI is InChI=1S/C15H20F2O2/c1-2-3-4-5-6-7-11-19-15(18)12-9-8-10-13(16)14(12)17/h8-10H,2-7,11H2,1H3. The van der Waals surface area contributed by atoms with Gasteiger partial charge >= 0.3 is 5.97 Å². The molecule has 1 aromatic carbocycles. The predicted molar refractivity (Wildman–Crippen MR) is 70.0 cm³/mol. The molecule has 0 atom stereocenters. The van der Waals surface area contributed by atoms with Crippen molar-refractivity contribution in [1.82, 2.24) is 0 Å². The van der Waals surface area contributed by atoms with E-state index in [9.17, 15) is 13.6 Å². The zero-order valence-electron chi connectivity index (χ0n) is 11.3. The molecule has 0 heterocycles. The molecule has 106 valence electrons. The van der Waals surface area contributed by atoms with Crippen LogP contribution in [0.25, 0.3) is 0 Å². The van der Waals surface area contributed by atoms with Crippen LogP contribution < -0.4 is 0 Å². The normalized spacial score (nSPS) is 10.5. The van der Waals surface area contributed by atoms with Gasteiger partial charge in [-0.05, 0) is 18.6 Å². The van der Waals surface area contributed by atoms with Crippen LogP contribution in [0.5, 0.6) is 0 Å². The molecule has 0 N–H and O–H groups in total. The van der Waals surface area contributed by atoms with Gasteiger partial charge in [0, 0.05) is 0 Å². The number of unbranched alkanes of at least 4 members (excludes halogenated alkanes) is 5. The van der Waals surface area contributed by atoms with Crippen molar-refractivity contribution < 1.29 is 18.3 Å². The van der Waals surface area contributed by atoms with Crippen LogP contribution in [0.2, 0.25) is 0 Å². The van der Waals surface area contributed by atoms with Gasteiger partial charge in [0.05, 0.1) is 12.2 Å². The highest BCUT2D eigenvalue weighted by atomic mass is 19.2. The minimum Gasteiger partial charge on any atom is -0.462 e. The van der Waals surface area contributed by atoms with Crippen molar-refractivity contribution in [3.05, 3.63) is 35.4 Å². The van der Waals surface area contributed by atoms with Gasteiger partial charge < -0.3 is 4.74 Å². The molecule has 0 aliphatic carbocycles. The molecule has 0 aliphatic heterocycles. The lowest BCUT2D eigenvalue weighted by Crippen LogP contribution is -2.09. The summed E-state index contributed by atoms with van der Waals surface area (Å²) in [7, 11) is 0. The van der Waals surface area contributed by atoms with Crippen molar-refractivity contribution in [3.63, 3.8) is 0 Å². The van der Waals surface area contributed by atoms with Crippen LogP contribution in [0.1, 0.15) is 55.8 Å². The van der Waals surface area contributed by atoms with Crippen LogP contribution in [-0.2, 0) is 4.74 Å². The zero-order valence-corrected chi connectivity index (χ0v) is 11.3. The smallest absolute Gasteiger partial charge is 0.341 e. The molecule has 0 spiro atoms. The van der Waals surface area contributed by atoms with Gasteiger partial charge in [0.25, 0.3) is 0 Å². The molecular weight excluding hydrogens is 250 g/mol. The van der Waals surface area contributed by atoms with E-state index in [1.807, 2.05) is 0 Å². The summed E-state index contributed by atoms with van der Waals surface area (Å²) in [5.74, 6) is -2.98. The number of hydrogen-bond acceptors (Lipinski definition) is 2. The first kappa shape index (κ1) is 15.6. The quantitative estimate of drug-likeness (QED) is 0.514. The molecule has 4 heteroatoms. The summed E-state index contributed by atoms with van der Waals surface area (Å²) in [6, 6.07) is 3.49. The van der Waals surface area contributed by atoms with E-state index in [1.165, 1.54) is 31.4 Å². The number of halogens is 2. The monoisotopic (exact) mass is 270 g/mol. The van der Waals surface area contributed by atoms with Crippen molar-refractivity contribution in [1.29, 1.82) is 0 Å². The van der Waals surface area contributed by atoms with Gasteiger partial charge in [-0.3, -0.25) is 0 Å². The molecule has 0 saturated carbocycles. The molecule has 0 bridgehead atoms. The van der Waals surface area contributed by atoms with E-state index in [0.29, 0.717) is 0 Å². The first-order valence-corrected chi connectivity index (χ1v) is 6.78. The molecule has 2 nitrogen and oxygen atoms in total. The maximum atomic E-state index is 13.3. The van der Waals surface area contributed by atoms with Gasteiger partial charge in [-0.15, -0.1) is 0 Å². The van der Waals surface area contributed by atoms with E-state index in [2.05, 4.69) is 6.92 Å². The Morgan fingerprint density at radius 2 is 1.79 bits per heavy atom. The summed E-state index contributed by atoms with van der Waals surface area (Å²) in [6.45, 7) is 2.40. The highest BCUT2D eigenvalue weighted by Gasteiger charge is 2.15. The fourth-order valence-corrected chi connectivity index (χ4v) is 1.79. The molecule has 0 fully saturated rings. The van der Waals surface area contributed by atoms with Crippen LogP contribution in [0.4, 0.5) is 8.78 Å². The first-order chi connectivity index (χ1) is 9.16. The van der Waals surface area contributed by atoms with Gasteiger partial charge in [0.2, 0.25) is 0 Å². The van der Waals surface area contributed by atoms with E-state index in [0.717, 1.165) is 25.3 Å². The van der Waals surface area contributed by atoms with Gasteiger partial charge in [0.1, 0.15) is 0 Å². The minimum atomic E-state index is -1.14. The van der Waals surface area contributed by atoms with E-state index >= 15 is 0 Å². The van der Waals surface area contributed by atoms with E-state index in [-0.39, 0.29) is 12.2 Å². The van der Waals surface area contributed by atoms with Crippen LogP contribution in [0.15, 0.2) is 18.2 Å². The average molecular weight is 270 g/mol.